The minimum Gasteiger partial charge on any atom is -0.398 e. The second-order valence-corrected chi connectivity index (χ2v) is 9.28. The van der Waals surface area contributed by atoms with E-state index < -0.39 is 6.17 Å². The number of hydrogen-bond donors (Lipinski definition) is 4. The summed E-state index contributed by atoms with van der Waals surface area (Å²) in [6, 6.07) is 22.1. The summed E-state index contributed by atoms with van der Waals surface area (Å²) in [5.41, 5.74) is 12.9. The topological polar surface area (TPSA) is 79.2 Å². The van der Waals surface area contributed by atoms with Crippen LogP contribution in [0.25, 0.3) is 0 Å². The van der Waals surface area contributed by atoms with E-state index in [2.05, 4.69) is 61.0 Å². The predicted octanol–water partition coefficient (Wildman–Crippen LogP) is 7.04. The van der Waals surface area contributed by atoms with Crippen LogP contribution in [-0.2, 0) is 0 Å². The molecule has 1 amide bonds. The molecule has 0 aliphatic carbocycles. The lowest BCUT2D eigenvalue weighted by molar-refractivity contribution is 0.0931. The van der Waals surface area contributed by atoms with Crippen molar-refractivity contribution >= 4 is 23.0 Å². The standard InChI is InChI=1S/C30H40N4O/c1-5-7-9-22(8-6-2)23-12-14-24(15-13-23)30(35)34-29(32-4)27-19-18-26(20-28(27)31)33-25-16-10-21(3)11-17-25/h10-20,22,29,32-33H,5-9,31H2,1-4H3,(H,34,35). The number of nitrogens with two attached hydrogens (primary N) is 1. The Morgan fingerprint density at radius 1 is 0.886 bits per heavy atom. The maximum Gasteiger partial charge on any atom is 0.252 e. The van der Waals surface area contributed by atoms with Gasteiger partial charge in [0, 0.05) is 28.2 Å². The first-order valence-electron chi connectivity index (χ1n) is 12.8. The van der Waals surface area contributed by atoms with Crippen LogP contribution in [0.15, 0.2) is 66.7 Å². The first-order valence-corrected chi connectivity index (χ1v) is 12.8. The highest BCUT2D eigenvalue weighted by molar-refractivity contribution is 5.94. The number of hydrogen-bond acceptors (Lipinski definition) is 4. The van der Waals surface area contributed by atoms with Gasteiger partial charge in [-0.25, -0.2) is 0 Å². The molecule has 35 heavy (non-hydrogen) atoms. The van der Waals surface area contributed by atoms with Gasteiger partial charge < -0.3 is 16.4 Å². The Morgan fingerprint density at radius 2 is 1.57 bits per heavy atom. The van der Waals surface area contributed by atoms with Crippen LogP contribution in [-0.4, -0.2) is 13.0 Å². The number of amides is 1. The zero-order valence-corrected chi connectivity index (χ0v) is 21.5. The van der Waals surface area contributed by atoms with Crippen LogP contribution < -0.4 is 21.7 Å². The fourth-order valence-electron chi connectivity index (χ4n) is 4.42. The van der Waals surface area contributed by atoms with Crippen LogP contribution in [0, 0.1) is 6.92 Å². The van der Waals surface area contributed by atoms with E-state index >= 15 is 0 Å². The second kappa shape index (κ2) is 13.0. The van der Waals surface area contributed by atoms with E-state index in [1.165, 1.54) is 43.2 Å². The lowest BCUT2D eigenvalue weighted by Gasteiger charge is -2.21. The minimum atomic E-state index is -0.395. The molecule has 0 aromatic heterocycles. The summed E-state index contributed by atoms with van der Waals surface area (Å²) in [5, 5.41) is 9.62. The van der Waals surface area contributed by atoms with Crippen molar-refractivity contribution in [2.75, 3.05) is 18.1 Å². The van der Waals surface area contributed by atoms with Gasteiger partial charge in [0.1, 0.15) is 6.17 Å². The van der Waals surface area contributed by atoms with Crippen molar-refractivity contribution in [2.24, 2.45) is 0 Å². The Morgan fingerprint density at radius 3 is 2.17 bits per heavy atom. The van der Waals surface area contributed by atoms with E-state index in [0.717, 1.165) is 16.9 Å². The summed E-state index contributed by atoms with van der Waals surface area (Å²) in [4.78, 5) is 13.0. The van der Waals surface area contributed by atoms with Gasteiger partial charge in [0.25, 0.3) is 5.91 Å². The van der Waals surface area contributed by atoms with Crippen molar-refractivity contribution in [1.29, 1.82) is 0 Å². The van der Waals surface area contributed by atoms with Crippen LogP contribution in [0.2, 0.25) is 0 Å². The molecule has 3 rings (SSSR count). The van der Waals surface area contributed by atoms with Crippen molar-refractivity contribution in [2.45, 2.75) is 65.0 Å². The van der Waals surface area contributed by atoms with Gasteiger partial charge in [-0.1, -0.05) is 69.0 Å². The monoisotopic (exact) mass is 472 g/mol. The fourth-order valence-corrected chi connectivity index (χ4v) is 4.42. The Bertz CT molecular complexity index is 1080. The largest absolute Gasteiger partial charge is 0.398 e. The van der Waals surface area contributed by atoms with Crippen LogP contribution in [0.5, 0.6) is 0 Å². The summed E-state index contributed by atoms with van der Waals surface area (Å²) in [6.45, 7) is 6.53. The van der Waals surface area contributed by atoms with Gasteiger partial charge in [-0.05, 0) is 74.7 Å². The highest BCUT2D eigenvalue weighted by atomic mass is 16.1. The van der Waals surface area contributed by atoms with E-state index in [1.54, 1.807) is 0 Å². The van der Waals surface area contributed by atoms with Crippen molar-refractivity contribution in [1.82, 2.24) is 10.6 Å². The Hall–Kier alpha value is -3.31. The summed E-state index contributed by atoms with van der Waals surface area (Å²) in [7, 11) is 1.81. The van der Waals surface area contributed by atoms with E-state index in [4.69, 9.17) is 5.73 Å². The average molecular weight is 473 g/mol. The number of rotatable bonds is 12. The first kappa shape index (κ1) is 26.3. The number of carbonyl (C=O) groups excluding carboxylic acids is 1. The molecule has 186 valence electrons. The lowest BCUT2D eigenvalue weighted by atomic mass is 9.89. The van der Waals surface area contributed by atoms with Crippen molar-refractivity contribution in [3.05, 3.63) is 89.0 Å². The molecule has 3 aromatic rings. The molecule has 5 nitrogen and oxygen atoms in total. The molecule has 0 radical (unpaired) electrons. The normalized spacial score (nSPS) is 12.7. The minimum absolute atomic E-state index is 0.127. The number of benzene rings is 3. The number of anilines is 3. The van der Waals surface area contributed by atoms with Crippen LogP contribution in [0.3, 0.4) is 0 Å². The van der Waals surface area contributed by atoms with Crippen molar-refractivity contribution in [3.8, 4) is 0 Å². The molecule has 0 aliphatic rings. The van der Waals surface area contributed by atoms with Crippen LogP contribution in [0.1, 0.15) is 85.1 Å². The highest BCUT2D eigenvalue weighted by Crippen LogP contribution is 2.28. The number of nitrogen functional groups attached to an aromatic ring is 1. The Kier molecular flexibility index (Phi) is 9.74. The smallest absolute Gasteiger partial charge is 0.252 e. The first-order chi connectivity index (χ1) is 16.9. The summed E-state index contributed by atoms with van der Waals surface area (Å²) >= 11 is 0. The maximum atomic E-state index is 13.0. The highest BCUT2D eigenvalue weighted by Gasteiger charge is 2.18. The summed E-state index contributed by atoms with van der Waals surface area (Å²) < 4.78 is 0. The van der Waals surface area contributed by atoms with E-state index in [9.17, 15) is 4.79 Å². The Balaban J connectivity index is 1.68. The van der Waals surface area contributed by atoms with Crippen LogP contribution >= 0.6 is 0 Å². The zero-order valence-electron chi connectivity index (χ0n) is 21.5. The van der Waals surface area contributed by atoms with Gasteiger partial charge in [0.05, 0.1) is 0 Å². The zero-order chi connectivity index (χ0) is 25.2. The molecule has 0 spiro atoms. The van der Waals surface area contributed by atoms with Crippen molar-refractivity contribution in [3.63, 3.8) is 0 Å². The summed E-state index contributed by atoms with van der Waals surface area (Å²) in [6.07, 6.45) is 5.59. The number of nitrogens with one attached hydrogen (secondary N) is 3. The molecule has 0 bridgehead atoms. The van der Waals surface area contributed by atoms with Gasteiger partial charge in [0.15, 0.2) is 0 Å². The molecule has 5 N–H and O–H groups in total. The quantitative estimate of drug-likeness (QED) is 0.168. The number of aryl methyl sites for hydroxylation is 1. The molecule has 0 saturated heterocycles. The summed E-state index contributed by atoms with van der Waals surface area (Å²) in [5.74, 6) is 0.437. The molecule has 0 aliphatic heterocycles. The number of carbonyl (C=O) groups is 1. The van der Waals surface area contributed by atoms with Gasteiger partial charge in [-0.15, -0.1) is 0 Å². The predicted molar refractivity (Wildman–Crippen MR) is 148 cm³/mol. The molecular weight excluding hydrogens is 432 g/mol. The Labute approximate surface area is 210 Å². The number of unbranched alkanes of at least 4 members (excludes halogenated alkanes) is 1. The molecular formula is C30H40N4O. The third kappa shape index (κ3) is 7.33. The third-order valence-electron chi connectivity index (χ3n) is 6.49. The van der Waals surface area contributed by atoms with Crippen LogP contribution in [0.4, 0.5) is 17.1 Å². The molecule has 3 aromatic carbocycles. The lowest BCUT2D eigenvalue weighted by Crippen LogP contribution is -2.36. The maximum absolute atomic E-state index is 13.0. The molecule has 0 heterocycles. The molecule has 2 atom stereocenters. The fraction of sp³-hybridized carbons (Fsp3) is 0.367. The third-order valence-corrected chi connectivity index (χ3v) is 6.49. The van der Waals surface area contributed by atoms with E-state index in [0.29, 0.717) is 17.2 Å². The molecule has 0 saturated carbocycles. The SMILES string of the molecule is CCCCC(CCC)c1ccc(C(=O)NC(NC)c2ccc(Nc3ccc(C)cc3)cc2N)cc1. The molecule has 0 fully saturated rings. The average Bonchev–Trinajstić information content (AvgIpc) is 2.87. The molecule has 5 heteroatoms. The van der Waals surface area contributed by atoms with Crippen molar-refractivity contribution < 1.29 is 4.79 Å². The van der Waals surface area contributed by atoms with Gasteiger partial charge >= 0.3 is 0 Å². The molecule has 2 unspecified atom stereocenters. The van der Waals surface area contributed by atoms with Gasteiger partial charge in [-0.2, -0.15) is 0 Å². The van der Waals surface area contributed by atoms with Gasteiger partial charge in [-0.3, -0.25) is 10.1 Å². The second-order valence-electron chi connectivity index (χ2n) is 9.28. The van der Waals surface area contributed by atoms with E-state index in [1.807, 2.05) is 49.5 Å². The van der Waals surface area contributed by atoms with Gasteiger partial charge in [0.2, 0.25) is 0 Å². The van der Waals surface area contributed by atoms with E-state index in [-0.39, 0.29) is 5.91 Å².